The van der Waals surface area contributed by atoms with Gasteiger partial charge in [-0.2, -0.15) is 11.8 Å². The zero-order chi connectivity index (χ0) is 25.2. The summed E-state index contributed by atoms with van der Waals surface area (Å²) in [5.74, 6) is -0.744. The lowest BCUT2D eigenvalue weighted by Crippen LogP contribution is -3.00. The maximum Gasteiger partial charge on any atom is 0.385 e. The molecule has 2 heterocycles. The third kappa shape index (κ3) is 8.57. The molecule has 4 amide bonds. The minimum absolute atomic E-state index is 0. The summed E-state index contributed by atoms with van der Waals surface area (Å²) in [6, 6.07) is 5.07. The van der Waals surface area contributed by atoms with Crippen molar-refractivity contribution in [3.63, 3.8) is 0 Å². The highest BCUT2D eigenvalue weighted by atomic mass is 35.5. The average Bonchev–Trinajstić information content (AvgIpc) is 3.39. The van der Waals surface area contributed by atoms with Crippen LogP contribution in [0.3, 0.4) is 0 Å². The minimum atomic E-state index is -1.12. The number of carboxylic acid groups (broad SMARTS) is 1. The molecule has 5 N–H and O–H groups in total. The number of nitrogens with zero attached hydrogens (tertiary/aromatic N) is 2. The van der Waals surface area contributed by atoms with E-state index in [9.17, 15) is 24.3 Å². The van der Waals surface area contributed by atoms with Crippen LogP contribution in [0, 0.1) is 5.39 Å². The van der Waals surface area contributed by atoms with Crippen LogP contribution in [-0.4, -0.2) is 64.6 Å². The average molecular weight is 539 g/mol. The molecule has 2 aliphatic rings. The Hall–Kier alpha value is -3.04. The van der Waals surface area contributed by atoms with Gasteiger partial charge in [-0.15, -0.1) is 0 Å². The SMILES string of the molecule is N#[N+]c1ccc(C(=O)NC(CCCCNC(=O)CCCCC2SC[C@@H]3NC(=O)N[C@H]23)C(=O)O)cc1.[Cl-]. The van der Waals surface area contributed by atoms with Crippen molar-refractivity contribution >= 4 is 41.3 Å². The van der Waals surface area contributed by atoms with Crippen molar-refractivity contribution in [2.45, 2.75) is 68.3 Å². The number of diazo groups is 1. The number of aliphatic carboxylic acids is 1. The van der Waals surface area contributed by atoms with Crippen molar-refractivity contribution in [3.05, 3.63) is 34.8 Å². The molecule has 3 rings (SSSR count). The fourth-order valence-corrected chi connectivity index (χ4v) is 5.79. The van der Waals surface area contributed by atoms with Crippen LogP contribution >= 0.6 is 11.8 Å². The topological polar surface area (TPSA) is 165 Å². The second kappa shape index (κ2) is 14.5. The fourth-order valence-electron chi connectivity index (χ4n) is 4.24. The van der Waals surface area contributed by atoms with Gasteiger partial charge in [0, 0.05) is 41.7 Å². The number of fused-ring (bicyclic) bond motifs is 1. The molecule has 11 nitrogen and oxygen atoms in total. The number of carboxylic acids is 1. The number of carbonyl (C=O) groups is 4. The van der Waals surface area contributed by atoms with Crippen molar-refractivity contribution in [2.24, 2.45) is 0 Å². The van der Waals surface area contributed by atoms with E-state index >= 15 is 0 Å². The van der Waals surface area contributed by atoms with Crippen LogP contribution in [0.1, 0.15) is 55.3 Å². The number of rotatable bonds is 13. The van der Waals surface area contributed by atoms with Gasteiger partial charge in [-0.25, -0.2) is 9.59 Å². The summed E-state index contributed by atoms with van der Waals surface area (Å²) in [5.41, 5.74) is 0.563. The van der Waals surface area contributed by atoms with Gasteiger partial charge in [0.25, 0.3) is 5.91 Å². The highest BCUT2D eigenvalue weighted by molar-refractivity contribution is 8.00. The lowest BCUT2D eigenvalue weighted by Gasteiger charge is -2.16. The molecule has 0 radical (unpaired) electrons. The second-order valence-corrected chi connectivity index (χ2v) is 10.00. The Morgan fingerprint density at radius 2 is 1.89 bits per heavy atom. The molecule has 36 heavy (non-hydrogen) atoms. The summed E-state index contributed by atoms with van der Waals surface area (Å²) < 4.78 is 0. The van der Waals surface area contributed by atoms with E-state index < -0.39 is 17.9 Å². The zero-order valence-corrected chi connectivity index (χ0v) is 21.3. The van der Waals surface area contributed by atoms with Gasteiger partial charge in [0.2, 0.25) is 11.3 Å². The summed E-state index contributed by atoms with van der Waals surface area (Å²) in [7, 11) is 0. The predicted molar refractivity (Wildman–Crippen MR) is 131 cm³/mol. The van der Waals surface area contributed by atoms with E-state index in [0.717, 1.165) is 25.0 Å². The molecule has 1 aromatic rings. The van der Waals surface area contributed by atoms with Gasteiger partial charge in [-0.1, -0.05) is 6.42 Å². The smallest absolute Gasteiger partial charge is 0.385 e. The van der Waals surface area contributed by atoms with Crippen LogP contribution < -0.4 is 33.7 Å². The quantitative estimate of drug-likeness (QED) is 0.127. The monoisotopic (exact) mass is 538 g/mol. The molecule has 2 unspecified atom stereocenters. The predicted octanol–water partition coefficient (Wildman–Crippen LogP) is -0.630. The fraction of sp³-hybridized carbons (Fsp3) is 0.565. The largest absolute Gasteiger partial charge is 1.00 e. The molecule has 0 saturated carbocycles. The Labute approximate surface area is 219 Å². The molecule has 0 bridgehead atoms. The standard InChI is InChI=1S/C23H30N6O5S.ClH/c24-29-15-10-8-14(9-11-15)21(31)26-16(22(32)33)5-3-4-12-25-19(30)7-2-1-6-18-20-17(13-35-18)27-23(34)28-20;/h8-11,16-18,20H,1-7,12-13H2,(H4-,25,26,27,28,30,31,32,33,34);1H/t16?,17-,18?,20-;/m0./s1. The summed E-state index contributed by atoms with van der Waals surface area (Å²) in [6.45, 7) is 0.450. The van der Waals surface area contributed by atoms with Crippen molar-refractivity contribution in [1.82, 2.24) is 21.3 Å². The van der Waals surface area contributed by atoms with E-state index in [1.165, 1.54) is 24.3 Å². The first-order valence-electron chi connectivity index (χ1n) is 11.8. The van der Waals surface area contributed by atoms with Crippen LogP contribution in [0.2, 0.25) is 0 Å². The maximum atomic E-state index is 12.3. The highest BCUT2D eigenvalue weighted by Gasteiger charge is 2.42. The summed E-state index contributed by atoms with van der Waals surface area (Å²) >= 11 is 1.86. The number of thioether (sulfide) groups is 1. The van der Waals surface area contributed by atoms with Gasteiger partial charge in [0.05, 0.1) is 12.1 Å². The van der Waals surface area contributed by atoms with Gasteiger partial charge >= 0.3 is 17.7 Å². The van der Waals surface area contributed by atoms with E-state index in [-0.39, 0.29) is 48.4 Å². The van der Waals surface area contributed by atoms with Gasteiger partial charge in [0.1, 0.15) is 6.04 Å². The Bertz CT molecular complexity index is 973. The number of amides is 4. The number of nitrogens with one attached hydrogen (secondary N) is 4. The first-order valence-corrected chi connectivity index (χ1v) is 12.9. The Morgan fingerprint density at radius 3 is 2.58 bits per heavy atom. The number of benzene rings is 1. The number of hydrogen-bond acceptors (Lipinski definition) is 6. The number of hydrogen-bond donors (Lipinski definition) is 5. The molecule has 196 valence electrons. The summed E-state index contributed by atoms with van der Waals surface area (Å²) in [4.78, 5) is 50.3. The van der Waals surface area contributed by atoms with Gasteiger partial charge < -0.3 is 38.8 Å². The number of unbranched alkanes of at least 4 members (excludes halogenated alkanes) is 2. The summed E-state index contributed by atoms with van der Waals surface area (Å²) in [5, 5.41) is 29.7. The van der Waals surface area contributed by atoms with Gasteiger partial charge in [-0.3, -0.25) is 9.59 Å². The van der Waals surface area contributed by atoms with Crippen molar-refractivity contribution < 1.29 is 36.7 Å². The first kappa shape index (κ1) is 29.2. The molecule has 0 aliphatic carbocycles. The Balaban J connectivity index is 0.00000456. The zero-order valence-electron chi connectivity index (χ0n) is 19.7. The molecule has 4 atom stereocenters. The molecule has 0 spiro atoms. The minimum Gasteiger partial charge on any atom is -1.00 e. The van der Waals surface area contributed by atoms with Gasteiger partial charge in [-0.05, 0) is 44.2 Å². The van der Waals surface area contributed by atoms with Crippen molar-refractivity contribution in [3.8, 4) is 0 Å². The number of carbonyl (C=O) groups excluding carboxylic acids is 3. The Morgan fingerprint density at radius 1 is 1.14 bits per heavy atom. The normalized spacial score (nSPS) is 20.6. The van der Waals surface area contributed by atoms with Gasteiger partial charge in [0.15, 0.2) is 4.98 Å². The van der Waals surface area contributed by atoms with Crippen molar-refractivity contribution in [2.75, 3.05) is 12.3 Å². The molecular weight excluding hydrogens is 508 g/mol. The van der Waals surface area contributed by atoms with Crippen molar-refractivity contribution in [1.29, 1.82) is 5.39 Å². The lowest BCUT2D eigenvalue weighted by molar-refractivity contribution is -0.139. The van der Waals surface area contributed by atoms with E-state index in [0.29, 0.717) is 36.7 Å². The first-order chi connectivity index (χ1) is 16.9. The van der Waals surface area contributed by atoms with Crippen LogP contribution in [0.15, 0.2) is 24.3 Å². The molecule has 13 heteroatoms. The van der Waals surface area contributed by atoms with E-state index in [1.807, 2.05) is 11.8 Å². The Kier molecular flexibility index (Phi) is 11.8. The van der Waals surface area contributed by atoms with E-state index in [4.69, 9.17) is 5.39 Å². The molecule has 2 fully saturated rings. The van der Waals surface area contributed by atoms with E-state index in [1.54, 1.807) is 0 Å². The van der Waals surface area contributed by atoms with Crippen LogP contribution in [-0.2, 0) is 9.59 Å². The number of urea groups is 1. The maximum absolute atomic E-state index is 12.3. The third-order valence-corrected chi connectivity index (χ3v) is 7.68. The molecular formula is C23H31ClN6O5S. The third-order valence-electron chi connectivity index (χ3n) is 6.17. The number of halogens is 1. The molecule has 0 aromatic heterocycles. The second-order valence-electron chi connectivity index (χ2n) is 8.72. The highest BCUT2D eigenvalue weighted by Crippen LogP contribution is 2.33. The molecule has 2 saturated heterocycles. The molecule has 1 aromatic carbocycles. The summed E-state index contributed by atoms with van der Waals surface area (Å²) in [6.07, 6.45) is 4.47. The molecule has 2 aliphatic heterocycles. The lowest BCUT2D eigenvalue weighted by atomic mass is 10.0. The van der Waals surface area contributed by atoms with Crippen LogP contribution in [0.5, 0.6) is 0 Å². The van der Waals surface area contributed by atoms with E-state index in [2.05, 4.69) is 26.2 Å². The van der Waals surface area contributed by atoms with Crippen LogP contribution in [0.25, 0.3) is 4.98 Å². The van der Waals surface area contributed by atoms with Crippen LogP contribution in [0.4, 0.5) is 10.5 Å².